The fourth-order valence-corrected chi connectivity index (χ4v) is 1.37. The second-order valence-electron chi connectivity index (χ2n) is 2.42. The van der Waals surface area contributed by atoms with E-state index in [1.165, 1.54) is 0 Å². The van der Waals surface area contributed by atoms with Gasteiger partial charge in [0.1, 0.15) is 11.8 Å². The Morgan fingerprint density at radius 2 is 2.33 bits per heavy atom. The van der Waals surface area contributed by atoms with Gasteiger partial charge in [-0.05, 0) is 12.1 Å². The number of nitrogens with one attached hydrogen (secondary N) is 1. The Morgan fingerprint density at radius 1 is 1.50 bits per heavy atom. The molecule has 1 N–H and O–H groups in total. The van der Waals surface area contributed by atoms with Crippen molar-refractivity contribution in [3.8, 4) is 0 Å². The Balaban J connectivity index is 2.83. The van der Waals surface area contributed by atoms with Crippen molar-refractivity contribution >= 4 is 28.9 Å². The summed E-state index contributed by atoms with van der Waals surface area (Å²) >= 11 is 5.84. The van der Waals surface area contributed by atoms with E-state index in [0.717, 1.165) is 11.8 Å². The summed E-state index contributed by atoms with van der Waals surface area (Å²) in [5, 5.41) is 0.496. The van der Waals surface area contributed by atoms with Crippen LogP contribution in [0.25, 0.3) is 11.0 Å². The Kier molecular flexibility index (Phi) is 1.59. The normalized spacial score (nSPS) is 10.4. The van der Waals surface area contributed by atoms with Crippen LogP contribution in [0.3, 0.4) is 0 Å². The zero-order valence-electron chi connectivity index (χ0n) is 6.04. The van der Waals surface area contributed by atoms with Gasteiger partial charge in [-0.15, -0.1) is 0 Å². The standard InChI is InChI=1S/C8H5ClN2O/c9-6-1-5(3-12)2-7-8(6)11-4-10-7/h1-4H,(H,10,11). The maximum atomic E-state index is 10.4. The molecule has 0 saturated heterocycles. The number of carbonyl (C=O) groups excluding carboxylic acids is 1. The molecule has 0 fully saturated rings. The Hall–Kier alpha value is -1.35. The number of hydrogen-bond donors (Lipinski definition) is 1. The molecule has 0 spiro atoms. The lowest BCUT2D eigenvalue weighted by Gasteiger charge is -1.93. The fraction of sp³-hybridized carbons (Fsp3) is 0. The van der Waals surface area contributed by atoms with E-state index in [9.17, 15) is 4.79 Å². The van der Waals surface area contributed by atoms with Crippen molar-refractivity contribution < 1.29 is 4.79 Å². The number of nitrogens with zero attached hydrogens (tertiary/aromatic N) is 1. The van der Waals surface area contributed by atoms with Gasteiger partial charge in [-0.1, -0.05) is 11.6 Å². The van der Waals surface area contributed by atoms with Crippen molar-refractivity contribution in [3.63, 3.8) is 0 Å². The maximum Gasteiger partial charge on any atom is 0.150 e. The Labute approximate surface area is 73.4 Å². The molecule has 0 aliphatic heterocycles. The van der Waals surface area contributed by atoms with Crippen LogP contribution >= 0.6 is 11.6 Å². The molecule has 60 valence electrons. The first-order valence-corrected chi connectivity index (χ1v) is 3.77. The monoisotopic (exact) mass is 180 g/mol. The molecular weight excluding hydrogens is 176 g/mol. The Morgan fingerprint density at radius 3 is 3.08 bits per heavy atom. The van der Waals surface area contributed by atoms with E-state index >= 15 is 0 Å². The van der Waals surface area contributed by atoms with Gasteiger partial charge in [-0.3, -0.25) is 4.79 Å². The van der Waals surface area contributed by atoms with E-state index in [2.05, 4.69) is 9.97 Å². The highest BCUT2D eigenvalue weighted by molar-refractivity contribution is 6.35. The third kappa shape index (κ3) is 0.987. The number of H-pyrrole nitrogens is 1. The van der Waals surface area contributed by atoms with Crippen LogP contribution in [0, 0.1) is 0 Å². The number of aromatic amines is 1. The molecule has 0 atom stereocenters. The number of imidazole rings is 1. The van der Waals surface area contributed by atoms with Gasteiger partial charge in [0.05, 0.1) is 16.9 Å². The third-order valence-corrected chi connectivity index (χ3v) is 1.92. The molecular formula is C8H5ClN2O. The first kappa shape index (κ1) is 7.31. The van der Waals surface area contributed by atoms with Crippen LogP contribution in [0.15, 0.2) is 18.5 Å². The zero-order valence-corrected chi connectivity index (χ0v) is 6.80. The summed E-state index contributed by atoms with van der Waals surface area (Å²) in [6.45, 7) is 0. The van der Waals surface area contributed by atoms with Crippen LogP contribution in [-0.4, -0.2) is 16.3 Å². The molecule has 0 aliphatic rings. The van der Waals surface area contributed by atoms with Gasteiger partial charge in [-0.2, -0.15) is 0 Å². The minimum absolute atomic E-state index is 0.496. The number of carbonyl (C=O) groups is 1. The van der Waals surface area contributed by atoms with E-state index in [-0.39, 0.29) is 0 Å². The first-order chi connectivity index (χ1) is 5.81. The van der Waals surface area contributed by atoms with Crippen molar-refractivity contribution in [1.29, 1.82) is 0 Å². The van der Waals surface area contributed by atoms with Gasteiger partial charge >= 0.3 is 0 Å². The molecule has 1 aromatic carbocycles. The van der Waals surface area contributed by atoms with E-state index in [1.54, 1.807) is 18.5 Å². The molecule has 12 heavy (non-hydrogen) atoms. The summed E-state index contributed by atoms with van der Waals surface area (Å²) in [7, 11) is 0. The van der Waals surface area contributed by atoms with Gasteiger partial charge < -0.3 is 4.98 Å². The molecule has 0 radical (unpaired) electrons. The van der Waals surface area contributed by atoms with Gasteiger partial charge in [0.25, 0.3) is 0 Å². The predicted molar refractivity (Wildman–Crippen MR) is 46.5 cm³/mol. The molecule has 2 aromatic rings. The third-order valence-electron chi connectivity index (χ3n) is 1.64. The highest BCUT2D eigenvalue weighted by Gasteiger charge is 2.02. The van der Waals surface area contributed by atoms with Crippen LogP contribution in [0.2, 0.25) is 5.02 Å². The fourth-order valence-electron chi connectivity index (χ4n) is 1.10. The number of aromatic nitrogens is 2. The largest absolute Gasteiger partial charge is 0.345 e. The van der Waals surface area contributed by atoms with E-state index in [4.69, 9.17) is 11.6 Å². The van der Waals surface area contributed by atoms with Crippen molar-refractivity contribution in [1.82, 2.24) is 9.97 Å². The lowest BCUT2D eigenvalue weighted by atomic mass is 10.2. The topological polar surface area (TPSA) is 45.8 Å². The molecule has 4 heteroatoms. The molecule has 0 unspecified atom stereocenters. The number of rotatable bonds is 1. The minimum Gasteiger partial charge on any atom is -0.345 e. The molecule has 1 aromatic heterocycles. The summed E-state index contributed by atoms with van der Waals surface area (Å²) in [4.78, 5) is 17.3. The van der Waals surface area contributed by atoms with Crippen LogP contribution in [0.1, 0.15) is 10.4 Å². The lowest BCUT2D eigenvalue weighted by Crippen LogP contribution is -1.80. The van der Waals surface area contributed by atoms with Crippen LogP contribution in [0.5, 0.6) is 0 Å². The summed E-state index contributed by atoms with van der Waals surface area (Å²) in [5.41, 5.74) is 2.03. The average Bonchev–Trinajstić information content (AvgIpc) is 2.52. The lowest BCUT2D eigenvalue weighted by molar-refractivity contribution is 0.112. The quantitative estimate of drug-likeness (QED) is 0.683. The summed E-state index contributed by atoms with van der Waals surface area (Å²) < 4.78 is 0. The second-order valence-corrected chi connectivity index (χ2v) is 2.83. The number of benzene rings is 1. The molecule has 0 bridgehead atoms. The van der Waals surface area contributed by atoms with E-state index < -0.39 is 0 Å². The molecule has 1 heterocycles. The van der Waals surface area contributed by atoms with Crippen molar-refractivity contribution in [2.24, 2.45) is 0 Å². The number of fused-ring (bicyclic) bond motifs is 1. The first-order valence-electron chi connectivity index (χ1n) is 3.39. The van der Waals surface area contributed by atoms with Gasteiger partial charge in [-0.25, -0.2) is 4.98 Å². The van der Waals surface area contributed by atoms with Crippen LogP contribution in [-0.2, 0) is 0 Å². The highest BCUT2D eigenvalue weighted by atomic mass is 35.5. The molecule has 3 nitrogen and oxygen atoms in total. The number of aldehydes is 1. The highest BCUT2D eigenvalue weighted by Crippen LogP contribution is 2.21. The van der Waals surface area contributed by atoms with Crippen molar-refractivity contribution in [2.45, 2.75) is 0 Å². The maximum absolute atomic E-state index is 10.4. The van der Waals surface area contributed by atoms with Crippen LogP contribution in [0.4, 0.5) is 0 Å². The predicted octanol–water partition coefficient (Wildman–Crippen LogP) is 2.03. The van der Waals surface area contributed by atoms with Gasteiger partial charge in [0.15, 0.2) is 0 Å². The van der Waals surface area contributed by atoms with Crippen LogP contribution < -0.4 is 0 Å². The smallest absolute Gasteiger partial charge is 0.150 e. The Bertz CT molecular complexity index is 436. The number of halogens is 1. The van der Waals surface area contributed by atoms with Gasteiger partial charge in [0.2, 0.25) is 0 Å². The second kappa shape index (κ2) is 2.60. The summed E-state index contributed by atoms with van der Waals surface area (Å²) in [6.07, 6.45) is 2.30. The average molecular weight is 181 g/mol. The summed E-state index contributed by atoms with van der Waals surface area (Å²) in [5.74, 6) is 0. The van der Waals surface area contributed by atoms with E-state index in [1.807, 2.05) is 0 Å². The van der Waals surface area contributed by atoms with Gasteiger partial charge in [0, 0.05) is 5.56 Å². The zero-order chi connectivity index (χ0) is 8.55. The number of hydrogen-bond acceptors (Lipinski definition) is 2. The van der Waals surface area contributed by atoms with E-state index in [0.29, 0.717) is 16.1 Å². The molecule has 2 rings (SSSR count). The molecule has 0 saturated carbocycles. The van der Waals surface area contributed by atoms with Crippen molar-refractivity contribution in [2.75, 3.05) is 0 Å². The SMILES string of the molecule is O=Cc1cc(Cl)c2nc[nH]c2c1. The molecule has 0 aliphatic carbocycles. The molecule has 0 amide bonds. The minimum atomic E-state index is 0.496. The summed E-state index contributed by atoms with van der Waals surface area (Å²) in [6, 6.07) is 3.30. The van der Waals surface area contributed by atoms with Crippen molar-refractivity contribution in [3.05, 3.63) is 29.0 Å².